The van der Waals surface area contributed by atoms with Crippen molar-refractivity contribution in [3.05, 3.63) is 29.8 Å². The van der Waals surface area contributed by atoms with E-state index < -0.39 is 0 Å². The highest BCUT2D eigenvalue weighted by atomic mass is 19.1. The molecule has 2 aromatic rings. The number of nitrogens with one attached hydrogen (secondary N) is 1. The lowest BCUT2D eigenvalue weighted by Gasteiger charge is -2.11. The Balaban J connectivity index is 2.47. The summed E-state index contributed by atoms with van der Waals surface area (Å²) in [4.78, 5) is 7.37. The predicted octanol–water partition coefficient (Wildman–Crippen LogP) is 2.36. The molecule has 3 N–H and O–H groups in total. The maximum absolute atomic E-state index is 12.9. The molecule has 3 nitrogen and oxygen atoms in total. The van der Waals surface area contributed by atoms with Crippen molar-refractivity contribution in [2.75, 3.05) is 0 Å². The van der Waals surface area contributed by atoms with Crippen molar-refractivity contribution >= 4 is 11.0 Å². The number of aromatic nitrogens is 2. The van der Waals surface area contributed by atoms with Crippen molar-refractivity contribution in [1.82, 2.24) is 9.97 Å². The fraction of sp³-hybridized carbons (Fsp3) is 0.364. The topological polar surface area (TPSA) is 54.7 Å². The molecule has 0 radical (unpaired) electrons. The van der Waals surface area contributed by atoms with Gasteiger partial charge in [-0.15, -0.1) is 0 Å². The van der Waals surface area contributed by atoms with Crippen LogP contribution >= 0.6 is 0 Å². The van der Waals surface area contributed by atoms with E-state index in [0.717, 1.165) is 5.52 Å². The van der Waals surface area contributed by atoms with Gasteiger partial charge in [0.05, 0.1) is 17.1 Å². The lowest BCUT2D eigenvalue weighted by Crippen LogP contribution is -2.17. The quantitative estimate of drug-likeness (QED) is 0.794. The summed E-state index contributed by atoms with van der Waals surface area (Å²) < 4.78 is 12.9. The molecule has 0 fully saturated rings. The molecule has 1 atom stereocenters. The summed E-state index contributed by atoms with van der Waals surface area (Å²) in [7, 11) is 0. The van der Waals surface area contributed by atoms with Gasteiger partial charge in [0.1, 0.15) is 11.6 Å². The maximum atomic E-state index is 12.9. The van der Waals surface area contributed by atoms with Crippen molar-refractivity contribution in [3.63, 3.8) is 0 Å². The highest BCUT2D eigenvalue weighted by molar-refractivity contribution is 5.75. The molecule has 0 saturated carbocycles. The Hall–Kier alpha value is -1.42. The van der Waals surface area contributed by atoms with Crippen molar-refractivity contribution in [2.24, 2.45) is 11.7 Å². The maximum Gasteiger partial charge on any atom is 0.125 e. The Morgan fingerprint density at radius 3 is 2.80 bits per heavy atom. The van der Waals surface area contributed by atoms with Crippen LogP contribution in [0.2, 0.25) is 0 Å². The molecule has 1 aromatic heterocycles. The highest BCUT2D eigenvalue weighted by Crippen LogP contribution is 2.20. The summed E-state index contributed by atoms with van der Waals surface area (Å²) in [6, 6.07) is 4.34. The number of halogens is 1. The van der Waals surface area contributed by atoms with Crippen LogP contribution in [0, 0.1) is 11.7 Å². The first kappa shape index (κ1) is 10.1. The highest BCUT2D eigenvalue weighted by Gasteiger charge is 2.14. The van der Waals surface area contributed by atoms with Crippen LogP contribution in [0.3, 0.4) is 0 Å². The van der Waals surface area contributed by atoms with E-state index in [1.54, 1.807) is 6.07 Å². The van der Waals surface area contributed by atoms with Crippen molar-refractivity contribution in [3.8, 4) is 0 Å². The second-order valence-electron chi connectivity index (χ2n) is 4.05. The predicted molar refractivity (Wildman–Crippen MR) is 57.8 cm³/mol. The molecule has 0 aliphatic heterocycles. The van der Waals surface area contributed by atoms with Gasteiger partial charge in [-0.3, -0.25) is 0 Å². The minimum atomic E-state index is -0.268. The van der Waals surface area contributed by atoms with Crippen LogP contribution in [-0.4, -0.2) is 9.97 Å². The molecule has 0 amide bonds. The fourth-order valence-electron chi connectivity index (χ4n) is 1.48. The average molecular weight is 207 g/mol. The van der Waals surface area contributed by atoms with Crippen LogP contribution in [0.25, 0.3) is 11.0 Å². The van der Waals surface area contributed by atoms with Gasteiger partial charge < -0.3 is 10.7 Å². The molecule has 15 heavy (non-hydrogen) atoms. The van der Waals surface area contributed by atoms with Crippen LogP contribution in [0.5, 0.6) is 0 Å². The molecular weight excluding hydrogens is 193 g/mol. The Morgan fingerprint density at radius 1 is 1.40 bits per heavy atom. The molecule has 1 aromatic carbocycles. The first-order chi connectivity index (χ1) is 7.08. The molecular formula is C11H14FN3. The summed E-state index contributed by atoms with van der Waals surface area (Å²) in [6.07, 6.45) is 0. The Morgan fingerprint density at radius 2 is 2.13 bits per heavy atom. The number of imidazole rings is 1. The number of nitrogens with two attached hydrogens (primary N) is 1. The standard InChI is InChI=1S/C11H14FN3/c1-6(2)10(13)11-14-8-4-3-7(12)5-9(8)15-11/h3-6,10H,13H2,1-2H3,(H,14,15)/t10-/m0/s1. The van der Waals surface area contributed by atoms with Crippen LogP contribution in [-0.2, 0) is 0 Å². The van der Waals surface area contributed by atoms with E-state index in [9.17, 15) is 4.39 Å². The van der Waals surface area contributed by atoms with E-state index in [1.165, 1.54) is 12.1 Å². The third-order valence-electron chi connectivity index (χ3n) is 2.50. The fourth-order valence-corrected chi connectivity index (χ4v) is 1.48. The Kier molecular flexibility index (Phi) is 2.44. The van der Waals surface area contributed by atoms with Gasteiger partial charge in [-0.05, 0) is 24.1 Å². The van der Waals surface area contributed by atoms with E-state index in [1.807, 2.05) is 13.8 Å². The molecule has 0 saturated heterocycles. The first-order valence-electron chi connectivity index (χ1n) is 4.98. The number of nitrogens with zero attached hydrogens (tertiary/aromatic N) is 1. The number of hydrogen-bond acceptors (Lipinski definition) is 2. The summed E-state index contributed by atoms with van der Waals surface area (Å²) >= 11 is 0. The number of aromatic amines is 1. The number of benzene rings is 1. The number of hydrogen-bond donors (Lipinski definition) is 2. The van der Waals surface area contributed by atoms with Gasteiger partial charge in [-0.25, -0.2) is 9.37 Å². The van der Waals surface area contributed by atoms with Crippen molar-refractivity contribution in [2.45, 2.75) is 19.9 Å². The summed E-state index contributed by atoms with van der Waals surface area (Å²) in [5, 5.41) is 0. The summed E-state index contributed by atoms with van der Waals surface area (Å²) in [5.41, 5.74) is 7.40. The van der Waals surface area contributed by atoms with Crippen LogP contribution in [0.4, 0.5) is 4.39 Å². The number of rotatable bonds is 2. The van der Waals surface area contributed by atoms with Gasteiger partial charge in [0, 0.05) is 0 Å². The van der Waals surface area contributed by atoms with Gasteiger partial charge >= 0.3 is 0 Å². The van der Waals surface area contributed by atoms with Gasteiger partial charge in [-0.2, -0.15) is 0 Å². The van der Waals surface area contributed by atoms with Crippen molar-refractivity contribution in [1.29, 1.82) is 0 Å². The minimum Gasteiger partial charge on any atom is -0.341 e. The van der Waals surface area contributed by atoms with E-state index >= 15 is 0 Å². The number of H-pyrrole nitrogens is 1. The SMILES string of the molecule is CC(C)[C@H](N)c1nc2ccc(F)cc2[nH]1. The molecule has 1 heterocycles. The number of fused-ring (bicyclic) bond motifs is 1. The van der Waals surface area contributed by atoms with Gasteiger partial charge in [0.25, 0.3) is 0 Å². The van der Waals surface area contributed by atoms with Crippen LogP contribution in [0.15, 0.2) is 18.2 Å². The zero-order valence-corrected chi connectivity index (χ0v) is 8.79. The Labute approximate surface area is 87.5 Å². The van der Waals surface area contributed by atoms with E-state index in [4.69, 9.17) is 5.73 Å². The average Bonchev–Trinajstić information content (AvgIpc) is 2.58. The molecule has 4 heteroatoms. The zero-order chi connectivity index (χ0) is 11.0. The lowest BCUT2D eigenvalue weighted by molar-refractivity contribution is 0.495. The monoisotopic (exact) mass is 207 g/mol. The van der Waals surface area contributed by atoms with Crippen LogP contribution < -0.4 is 5.73 Å². The van der Waals surface area contributed by atoms with Gasteiger partial charge in [0.2, 0.25) is 0 Å². The molecule has 0 unspecified atom stereocenters. The van der Waals surface area contributed by atoms with E-state index in [0.29, 0.717) is 17.3 Å². The normalized spacial score (nSPS) is 13.7. The molecule has 0 aliphatic carbocycles. The van der Waals surface area contributed by atoms with Gasteiger partial charge in [-0.1, -0.05) is 13.8 Å². The largest absolute Gasteiger partial charge is 0.341 e. The van der Waals surface area contributed by atoms with Crippen molar-refractivity contribution < 1.29 is 4.39 Å². The third kappa shape index (κ3) is 1.85. The van der Waals surface area contributed by atoms with Gasteiger partial charge in [0.15, 0.2) is 0 Å². The Bertz CT molecular complexity index is 476. The third-order valence-corrected chi connectivity index (χ3v) is 2.50. The van der Waals surface area contributed by atoms with E-state index in [2.05, 4.69) is 9.97 Å². The smallest absolute Gasteiger partial charge is 0.125 e. The molecule has 0 aliphatic rings. The second kappa shape index (κ2) is 3.62. The summed E-state index contributed by atoms with van der Waals surface area (Å²) in [6.45, 7) is 4.05. The molecule has 2 rings (SSSR count). The molecule has 0 spiro atoms. The first-order valence-corrected chi connectivity index (χ1v) is 4.98. The molecule has 80 valence electrons. The summed E-state index contributed by atoms with van der Waals surface area (Å²) in [5.74, 6) is 0.747. The minimum absolute atomic E-state index is 0.138. The van der Waals surface area contributed by atoms with Crippen LogP contribution in [0.1, 0.15) is 25.7 Å². The second-order valence-corrected chi connectivity index (χ2v) is 4.05. The zero-order valence-electron chi connectivity index (χ0n) is 8.79. The lowest BCUT2D eigenvalue weighted by atomic mass is 10.1. The van der Waals surface area contributed by atoms with E-state index in [-0.39, 0.29) is 11.9 Å². The molecule has 0 bridgehead atoms.